The zero-order chi connectivity index (χ0) is 39.6. The molecule has 2 aromatic carbocycles. The molecule has 4 saturated carbocycles. The van der Waals surface area contributed by atoms with E-state index in [0.717, 1.165) is 49.7 Å². The monoisotopic (exact) mass is 748 g/mol. The fraction of sp³-hybridized carbons (Fsp3) is 0.604. The van der Waals surface area contributed by atoms with Crippen LogP contribution in [-0.4, -0.2) is 52.6 Å². The van der Waals surface area contributed by atoms with Crippen molar-refractivity contribution in [3.05, 3.63) is 89.5 Å². The third kappa shape index (κ3) is 6.41. The van der Waals surface area contributed by atoms with Gasteiger partial charge in [-0.25, -0.2) is 4.79 Å². The molecule has 7 nitrogen and oxygen atoms in total. The van der Waals surface area contributed by atoms with Crippen LogP contribution < -0.4 is 5.32 Å². The molecule has 9 atom stereocenters. The molecule has 0 bridgehead atoms. The lowest BCUT2D eigenvalue weighted by molar-refractivity contribution is -0.225. The Balaban J connectivity index is 1.13. The van der Waals surface area contributed by atoms with Crippen molar-refractivity contribution in [3.8, 4) is 0 Å². The van der Waals surface area contributed by atoms with Gasteiger partial charge < -0.3 is 15.5 Å². The number of hydrogen-bond donors (Lipinski definition) is 3. The van der Waals surface area contributed by atoms with Crippen molar-refractivity contribution in [2.75, 3.05) is 19.6 Å². The van der Waals surface area contributed by atoms with Crippen LogP contribution in [0, 0.1) is 56.7 Å². The summed E-state index contributed by atoms with van der Waals surface area (Å²) in [6, 6.07) is 17.4. The molecule has 0 aliphatic heterocycles. The van der Waals surface area contributed by atoms with Gasteiger partial charge in [-0.15, -0.1) is 0 Å². The van der Waals surface area contributed by atoms with Gasteiger partial charge in [0.1, 0.15) is 0 Å². The predicted octanol–water partition coefficient (Wildman–Crippen LogP) is 9.74. The van der Waals surface area contributed by atoms with Crippen LogP contribution in [0.1, 0.15) is 121 Å². The molecule has 296 valence electrons. The first-order chi connectivity index (χ1) is 26.0. The number of carbonyl (C=O) groups is 3. The van der Waals surface area contributed by atoms with Gasteiger partial charge in [-0.3, -0.25) is 14.5 Å². The minimum Gasteiger partial charge on any atom is -0.480 e. The van der Waals surface area contributed by atoms with Crippen molar-refractivity contribution in [1.29, 1.82) is 0 Å². The second-order valence-corrected chi connectivity index (χ2v) is 19.6. The van der Waals surface area contributed by atoms with Crippen molar-refractivity contribution < 1.29 is 24.6 Å². The number of aromatic carboxylic acids is 1. The summed E-state index contributed by atoms with van der Waals surface area (Å²) in [6.07, 6.45) is 12.0. The summed E-state index contributed by atoms with van der Waals surface area (Å²) in [5, 5.41) is 22.5. The van der Waals surface area contributed by atoms with Crippen LogP contribution in [-0.2, 0) is 16.1 Å². The summed E-state index contributed by atoms with van der Waals surface area (Å²) >= 11 is 0. The molecule has 1 amide bonds. The smallest absolute Gasteiger partial charge is 0.335 e. The molecule has 0 radical (unpaired) electrons. The first-order valence-corrected chi connectivity index (χ1v) is 20.9. The topological polar surface area (TPSA) is 107 Å². The average Bonchev–Trinajstić information content (AvgIpc) is 3.53. The van der Waals surface area contributed by atoms with Crippen LogP contribution in [0.4, 0.5) is 0 Å². The Bertz CT molecular complexity index is 1850. The Labute approximate surface area is 329 Å². The molecule has 9 unspecified atom stereocenters. The van der Waals surface area contributed by atoms with E-state index in [1.807, 2.05) is 47.4 Å². The van der Waals surface area contributed by atoms with Crippen molar-refractivity contribution in [3.63, 3.8) is 0 Å². The van der Waals surface area contributed by atoms with Gasteiger partial charge in [-0.1, -0.05) is 95.3 Å². The Hall–Kier alpha value is -3.71. The molecule has 5 aliphatic rings. The van der Waals surface area contributed by atoms with E-state index in [4.69, 9.17) is 0 Å². The fourth-order valence-electron chi connectivity index (χ4n) is 14.2. The molecule has 0 heterocycles. The SMILES string of the molecule is C=C(C)C1CCC2(C(=O)NCCN(CC(=O)O)Cc3ccccc3)CCC3(C)C(CCC4C5(C)CC=C(c6ccc(C(=O)O)cc6)C(C)(C)C5CCC43C)C12. The van der Waals surface area contributed by atoms with Crippen LogP contribution in [0.25, 0.3) is 5.57 Å². The highest BCUT2D eigenvalue weighted by atomic mass is 16.4. The minimum atomic E-state index is -0.890. The first-order valence-electron chi connectivity index (χ1n) is 20.9. The number of aliphatic carboxylic acids is 1. The van der Waals surface area contributed by atoms with E-state index in [9.17, 15) is 24.6 Å². The maximum Gasteiger partial charge on any atom is 0.335 e. The van der Waals surface area contributed by atoms with E-state index in [1.54, 1.807) is 12.1 Å². The lowest BCUT2D eigenvalue weighted by Crippen LogP contribution is -2.66. The third-order valence-electron chi connectivity index (χ3n) is 16.9. The molecular formula is C48H64N2O5. The lowest BCUT2D eigenvalue weighted by Gasteiger charge is -2.72. The zero-order valence-electron chi connectivity index (χ0n) is 34.1. The Morgan fingerprint density at radius 3 is 2.20 bits per heavy atom. The molecule has 7 heteroatoms. The van der Waals surface area contributed by atoms with E-state index in [2.05, 4.69) is 59.5 Å². The van der Waals surface area contributed by atoms with Crippen molar-refractivity contribution in [2.45, 2.75) is 106 Å². The number of rotatable bonds is 11. The quantitative estimate of drug-likeness (QED) is 0.198. The summed E-state index contributed by atoms with van der Waals surface area (Å²) in [6.45, 7) is 20.8. The van der Waals surface area contributed by atoms with E-state index in [-0.39, 0.29) is 40.0 Å². The highest BCUT2D eigenvalue weighted by Gasteiger charge is 2.71. The van der Waals surface area contributed by atoms with Crippen LogP contribution in [0.2, 0.25) is 0 Å². The van der Waals surface area contributed by atoms with Crippen molar-refractivity contribution in [2.24, 2.45) is 56.7 Å². The van der Waals surface area contributed by atoms with Crippen LogP contribution in [0.15, 0.2) is 72.8 Å². The molecule has 0 aromatic heterocycles. The second kappa shape index (κ2) is 14.3. The summed E-state index contributed by atoms with van der Waals surface area (Å²) in [4.78, 5) is 39.9. The normalized spacial score (nSPS) is 36.1. The number of allylic oxidation sites excluding steroid dienone is 3. The van der Waals surface area contributed by atoms with E-state index >= 15 is 0 Å². The van der Waals surface area contributed by atoms with Gasteiger partial charge in [0.2, 0.25) is 5.91 Å². The van der Waals surface area contributed by atoms with Gasteiger partial charge in [-0.2, -0.15) is 0 Å². The highest BCUT2D eigenvalue weighted by Crippen LogP contribution is 2.77. The van der Waals surface area contributed by atoms with Crippen LogP contribution in [0.3, 0.4) is 0 Å². The van der Waals surface area contributed by atoms with E-state index in [1.165, 1.54) is 30.4 Å². The van der Waals surface area contributed by atoms with Crippen LogP contribution in [0.5, 0.6) is 0 Å². The van der Waals surface area contributed by atoms with Gasteiger partial charge in [0.15, 0.2) is 0 Å². The Morgan fingerprint density at radius 1 is 0.836 bits per heavy atom. The number of carboxylic acid groups (broad SMARTS) is 2. The summed E-state index contributed by atoms with van der Waals surface area (Å²) in [7, 11) is 0. The van der Waals surface area contributed by atoms with Gasteiger partial charge in [-0.05, 0) is 145 Å². The van der Waals surface area contributed by atoms with Gasteiger partial charge in [0, 0.05) is 19.6 Å². The molecule has 55 heavy (non-hydrogen) atoms. The largest absolute Gasteiger partial charge is 0.480 e. The molecular weight excluding hydrogens is 685 g/mol. The number of carbonyl (C=O) groups excluding carboxylic acids is 1. The number of hydrogen-bond acceptors (Lipinski definition) is 4. The molecule has 0 spiro atoms. The number of carboxylic acids is 2. The van der Waals surface area contributed by atoms with Crippen molar-refractivity contribution >= 4 is 23.4 Å². The third-order valence-corrected chi connectivity index (χ3v) is 16.9. The number of nitrogens with one attached hydrogen (secondary N) is 1. The second-order valence-electron chi connectivity index (χ2n) is 19.6. The van der Waals surface area contributed by atoms with Crippen LogP contribution >= 0.6 is 0 Å². The number of fused-ring (bicyclic) bond motifs is 7. The standard InChI is InChI=1S/C48H64N2O5/c1-31(2)35-19-24-48(43(55)49-27-28-50(30-40(51)52)29-32-11-9-8-10-12-32)26-25-46(6)37(41(35)48)17-18-39-45(5)22-20-36(33-13-15-34(16-14-33)42(53)54)44(3,4)38(45)21-23-47(39,46)7/h8-16,20,35,37-39,41H,1,17-19,21-30H2,2-7H3,(H,49,55)(H,51,52)(H,53,54). The predicted molar refractivity (Wildman–Crippen MR) is 218 cm³/mol. The number of benzene rings is 2. The number of amides is 1. The summed E-state index contributed by atoms with van der Waals surface area (Å²) in [5.41, 5.74) is 5.02. The van der Waals surface area contributed by atoms with Gasteiger partial charge in [0.05, 0.1) is 17.5 Å². The minimum absolute atomic E-state index is 0.0473. The lowest BCUT2D eigenvalue weighted by atomic mass is 9.32. The van der Waals surface area contributed by atoms with E-state index in [0.29, 0.717) is 48.9 Å². The first kappa shape index (κ1) is 39.5. The van der Waals surface area contributed by atoms with Gasteiger partial charge >= 0.3 is 11.9 Å². The van der Waals surface area contributed by atoms with Gasteiger partial charge in [0.25, 0.3) is 0 Å². The summed E-state index contributed by atoms with van der Waals surface area (Å²) in [5.74, 6) is 0.535. The highest BCUT2D eigenvalue weighted by molar-refractivity contribution is 5.88. The Kier molecular flexibility index (Phi) is 10.3. The summed E-state index contributed by atoms with van der Waals surface area (Å²) < 4.78 is 0. The molecule has 5 aliphatic carbocycles. The molecule has 0 saturated heterocycles. The molecule has 4 fully saturated rings. The number of nitrogens with zero attached hydrogens (tertiary/aromatic N) is 1. The molecule has 3 N–H and O–H groups in total. The molecule has 2 aromatic rings. The van der Waals surface area contributed by atoms with E-state index < -0.39 is 17.4 Å². The maximum absolute atomic E-state index is 14.7. The fourth-order valence-corrected chi connectivity index (χ4v) is 14.2. The zero-order valence-corrected chi connectivity index (χ0v) is 34.1. The Morgan fingerprint density at radius 2 is 1.55 bits per heavy atom. The average molecular weight is 749 g/mol. The maximum atomic E-state index is 14.7. The van der Waals surface area contributed by atoms with Crippen molar-refractivity contribution in [1.82, 2.24) is 10.2 Å². The molecule has 7 rings (SSSR count).